The predicted octanol–water partition coefficient (Wildman–Crippen LogP) is 6.64. The lowest BCUT2D eigenvalue weighted by Crippen LogP contribution is -1.87. The van der Waals surface area contributed by atoms with E-state index in [2.05, 4.69) is 95.7 Å². The molecule has 3 aromatic carbocycles. The summed E-state index contributed by atoms with van der Waals surface area (Å²) in [4.78, 5) is 4.83. The molecule has 0 unspecified atom stereocenters. The number of aromatic nitrogens is 1. The zero-order valence-corrected chi connectivity index (χ0v) is 14.9. The zero-order chi connectivity index (χ0) is 16.5. The number of pyridine rings is 1. The second-order valence-electron chi connectivity index (χ2n) is 5.98. The van der Waals surface area contributed by atoms with Crippen molar-refractivity contribution >= 4 is 26.8 Å². The zero-order valence-electron chi connectivity index (χ0n) is 13.3. The Labute approximate surface area is 150 Å². The molecule has 2 heteroatoms. The molecule has 0 saturated heterocycles. The Bertz CT molecular complexity index is 1040. The summed E-state index contributed by atoms with van der Waals surface area (Å²) in [7, 11) is 0. The summed E-state index contributed by atoms with van der Waals surface area (Å²) in [6.07, 6.45) is 0. The molecule has 0 amide bonds. The van der Waals surface area contributed by atoms with Gasteiger partial charge in [-0.3, -0.25) is 0 Å². The highest BCUT2D eigenvalue weighted by Gasteiger charge is 2.05. The number of hydrogen-bond donors (Lipinski definition) is 0. The van der Waals surface area contributed by atoms with Gasteiger partial charge in [0.2, 0.25) is 0 Å². The molecule has 0 aliphatic heterocycles. The minimum atomic E-state index is 0.995. The molecule has 0 N–H and O–H groups in total. The van der Waals surface area contributed by atoms with Crippen molar-refractivity contribution in [3.63, 3.8) is 0 Å². The van der Waals surface area contributed by atoms with Crippen LogP contribution in [0.3, 0.4) is 0 Å². The average Bonchev–Trinajstić information content (AvgIpc) is 2.61. The van der Waals surface area contributed by atoms with Crippen molar-refractivity contribution in [1.29, 1.82) is 0 Å². The van der Waals surface area contributed by atoms with Crippen molar-refractivity contribution in [3.8, 4) is 22.4 Å². The lowest BCUT2D eigenvalue weighted by atomic mass is 10.00. The number of rotatable bonds is 2. The van der Waals surface area contributed by atoms with E-state index in [4.69, 9.17) is 4.98 Å². The molecular formula is C22H16BrN. The maximum absolute atomic E-state index is 4.83. The molecule has 4 aromatic rings. The van der Waals surface area contributed by atoms with Gasteiger partial charge in [0.05, 0.1) is 11.2 Å². The Balaban J connectivity index is 1.81. The highest BCUT2D eigenvalue weighted by atomic mass is 79.9. The minimum absolute atomic E-state index is 0.995. The van der Waals surface area contributed by atoms with E-state index in [0.29, 0.717) is 0 Å². The molecule has 1 nitrogen and oxygen atoms in total. The van der Waals surface area contributed by atoms with E-state index in [1.807, 2.05) is 6.07 Å². The summed E-state index contributed by atoms with van der Waals surface area (Å²) in [5.74, 6) is 0. The Morgan fingerprint density at radius 2 is 1.42 bits per heavy atom. The van der Waals surface area contributed by atoms with Gasteiger partial charge in [0.25, 0.3) is 0 Å². The number of nitrogens with zero attached hydrogens (tertiary/aromatic N) is 1. The first-order chi connectivity index (χ1) is 11.7. The van der Waals surface area contributed by atoms with Crippen LogP contribution in [0, 0.1) is 6.92 Å². The fourth-order valence-corrected chi connectivity index (χ4v) is 3.28. The van der Waals surface area contributed by atoms with Crippen molar-refractivity contribution in [2.24, 2.45) is 0 Å². The Morgan fingerprint density at radius 3 is 2.25 bits per heavy atom. The van der Waals surface area contributed by atoms with Gasteiger partial charge in [0.15, 0.2) is 0 Å². The lowest BCUT2D eigenvalue weighted by molar-refractivity contribution is 1.39. The number of fused-ring (bicyclic) bond motifs is 1. The van der Waals surface area contributed by atoms with Gasteiger partial charge in [-0.15, -0.1) is 0 Å². The second-order valence-corrected chi connectivity index (χ2v) is 6.90. The topological polar surface area (TPSA) is 12.9 Å². The van der Waals surface area contributed by atoms with Gasteiger partial charge in [-0.1, -0.05) is 76.1 Å². The fraction of sp³-hybridized carbons (Fsp3) is 0.0455. The van der Waals surface area contributed by atoms with Crippen molar-refractivity contribution in [1.82, 2.24) is 4.98 Å². The van der Waals surface area contributed by atoms with Gasteiger partial charge in [-0.25, -0.2) is 4.98 Å². The summed E-state index contributed by atoms with van der Waals surface area (Å²) in [5, 5.41) is 1.15. The van der Waals surface area contributed by atoms with Crippen molar-refractivity contribution in [2.45, 2.75) is 6.92 Å². The van der Waals surface area contributed by atoms with Gasteiger partial charge < -0.3 is 0 Å². The molecule has 0 radical (unpaired) electrons. The van der Waals surface area contributed by atoms with Crippen LogP contribution in [0.25, 0.3) is 33.3 Å². The largest absolute Gasteiger partial charge is 0.248 e. The molecule has 0 fully saturated rings. The summed E-state index contributed by atoms with van der Waals surface area (Å²) < 4.78 is 1.05. The average molecular weight is 374 g/mol. The van der Waals surface area contributed by atoms with Gasteiger partial charge >= 0.3 is 0 Å². The molecule has 0 atom stereocenters. The van der Waals surface area contributed by atoms with Crippen LogP contribution in [0.2, 0.25) is 0 Å². The Hall–Kier alpha value is -2.45. The van der Waals surface area contributed by atoms with E-state index in [1.165, 1.54) is 16.7 Å². The van der Waals surface area contributed by atoms with E-state index in [1.54, 1.807) is 0 Å². The SMILES string of the molecule is Cc1cccc(-c2cccc(-c3ccc4ccc(Br)cc4n3)c2)c1. The molecule has 24 heavy (non-hydrogen) atoms. The van der Waals surface area contributed by atoms with Crippen LogP contribution in [0.15, 0.2) is 83.3 Å². The molecule has 0 spiro atoms. The summed E-state index contributed by atoms with van der Waals surface area (Å²) in [5.41, 5.74) is 6.85. The van der Waals surface area contributed by atoms with E-state index < -0.39 is 0 Å². The summed E-state index contributed by atoms with van der Waals surface area (Å²) in [6, 6.07) is 27.6. The molecule has 0 aliphatic rings. The molecule has 116 valence electrons. The van der Waals surface area contributed by atoms with Crippen LogP contribution in [-0.4, -0.2) is 4.98 Å². The van der Waals surface area contributed by atoms with Crippen LogP contribution in [0.4, 0.5) is 0 Å². The highest BCUT2D eigenvalue weighted by Crippen LogP contribution is 2.28. The number of benzene rings is 3. The maximum atomic E-state index is 4.83. The van der Waals surface area contributed by atoms with E-state index in [-0.39, 0.29) is 0 Å². The Kier molecular flexibility index (Phi) is 3.91. The maximum Gasteiger partial charge on any atom is 0.0720 e. The smallest absolute Gasteiger partial charge is 0.0720 e. The molecule has 4 rings (SSSR count). The Morgan fingerprint density at radius 1 is 0.708 bits per heavy atom. The third kappa shape index (κ3) is 2.98. The van der Waals surface area contributed by atoms with Crippen molar-refractivity contribution in [3.05, 3.63) is 88.9 Å². The van der Waals surface area contributed by atoms with E-state index in [9.17, 15) is 0 Å². The molecule has 0 bridgehead atoms. The normalized spacial score (nSPS) is 10.9. The van der Waals surface area contributed by atoms with Crippen LogP contribution >= 0.6 is 15.9 Å². The van der Waals surface area contributed by atoms with Crippen LogP contribution in [0.1, 0.15) is 5.56 Å². The van der Waals surface area contributed by atoms with Crippen molar-refractivity contribution < 1.29 is 0 Å². The number of aryl methyl sites for hydroxylation is 1. The first kappa shape index (κ1) is 15.1. The molecule has 1 heterocycles. The van der Waals surface area contributed by atoms with Gasteiger partial charge in [-0.2, -0.15) is 0 Å². The monoisotopic (exact) mass is 373 g/mol. The van der Waals surface area contributed by atoms with Crippen molar-refractivity contribution in [2.75, 3.05) is 0 Å². The quantitative estimate of drug-likeness (QED) is 0.383. The van der Waals surface area contributed by atoms with Crippen LogP contribution < -0.4 is 0 Å². The summed E-state index contributed by atoms with van der Waals surface area (Å²) in [6.45, 7) is 2.12. The lowest BCUT2D eigenvalue weighted by Gasteiger charge is -2.07. The van der Waals surface area contributed by atoms with Gasteiger partial charge in [0.1, 0.15) is 0 Å². The second kappa shape index (κ2) is 6.21. The third-order valence-electron chi connectivity index (χ3n) is 4.16. The van der Waals surface area contributed by atoms with Crippen LogP contribution in [0.5, 0.6) is 0 Å². The van der Waals surface area contributed by atoms with Crippen LogP contribution in [-0.2, 0) is 0 Å². The first-order valence-electron chi connectivity index (χ1n) is 7.93. The van der Waals surface area contributed by atoms with E-state index >= 15 is 0 Å². The molecule has 0 saturated carbocycles. The highest BCUT2D eigenvalue weighted by molar-refractivity contribution is 9.10. The standard InChI is InChI=1S/C22H16BrN/c1-15-4-2-5-17(12-15)18-6-3-7-19(13-18)21-11-9-16-8-10-20(23)14-22(16)24-21/h2-14H,1H3. The third-order valence-corrected chi connectivity index (χ3v) is 4.66. The minimum Gasteiger partial charge on any atom is -0.248 e. The predicted molar refractivity (Wildman–Crippen MR) is 105 cm³/mol. The first-order valence-corrected chi connectivity index (χ1v) is 8.72. The summed E-state index contributed by atoms with van der Waals surface area (Å²) >= 11 is 3.52. The van der Waals surface area contributed by atoms with Gasteiger partial charge in [0, 0.05) is 15.4 Å². The van der Waals surface area contributed by atoms with E-state index in [0.717, 1.165) is 26.6 Å². The number of hydrogen-bond acceptors (Lipinski definition) is 1. The molecule has 1 aromatic heterocycles. The fourth-order valence-electron chi connectivity index (χ4n) is 2.93. The number of halogens is 1. The molecule has 0 aliphatic carbocycles. The molecular weight excluding hydrogens is 358 g/mol. The van der Waals surface area contributed by atoms with Gasteiger partial charge in [-0.05, 0) is 42.3 Å².